The van der Waals surface area contributed by atoms with Crippen molar-refractivity contribution in [2.75, 3.05) is 13.2 Å². The molecule has 0 spiro atoms. The Morgan fingerprint density at radius 1 is 0.293 bits per heavy atom. The van der Waals surface area contributed by atoms with E-state index >= 15 is 0 Å². The van der Waals surface area contributed by atoms with Gasteiger partial charge in [0.25, 0.3) is 0 Å². The van der Waals surface area contributed by atoms with Gasteiger partial charge < -0.3 is 14.6 Å². The van der Waals surface area contributed by atoms with E-state index in [4.69, 9.17) is 9.47 Å². The highest BCUT2D eigenvalue weighted by atomic mass is 16.6. The van der Waals surface area contributed by atoms with Gasteiger partial charge in [-0.25, -0.2) is 0 Å². The van der Waals surface area contributed by atoms with E-state index in [2.05, 4.69) is 74.6 Å². The first-order valence-electron chi connectivity index (χ1n) is 36.8. The molecule has 0 saturated carbocycles. The number of aliphatic hydroxyl groups is 1. The second-order valence-electron chi connectivity index (χ2n) is 25.0. The molecule has 0 amide bonds. The molecular weight excluding hydrogens is 1000 g/mol. The molecule has 0 radical (unpaired) electrons. The summed E-state index contributed by atoms with van der Waals surface area (Å²) >= 11 is 0. The lowest BCUT2D eigenvalue weighted by Gasteiger charge is -2.15. The van der Waals surface area contributed by atoms with Crippen LogP contribution in [0.1, 0.15) is 399 Å². The molecule has 0 rings (SSSR count). The smallest absolute Gasteiger partial charge is 0.306 e. The second kappa shape index (κ2) is 72.9. The summed E-state index contributed by atoms with van der Waals surface area (Å²) in [4.78, 5) is 24.7. The third kappa shape index (κ3) is 70.1. The molecule has 82 heavy (non-hydrogen) atoms. The Morgan fingerprint density at radius 2 is 0.524 bits per heavy atom. The summed E-state index contributed by atoms with van der Waals surface area (Å²) in [5.41, 5.74) is 0. The predicted octanol–water partition coefficient (Wildman–Crippen LogP) is 25.7. The highest BCUT2D eigenvalue weighted by Crippen LogP contribution is 2.19. The maximum absolute atomic E-state index is 12.4. The Bertz CT molecular complexity index is 1390. The fourth-order valence-corrected chi connectivity index (χ4v) is 11.3. The Balaban J connectivity index is 3.38. The zero-order valence-electron chi connectivity index (χ0n) is 55.3. The van der Waals surface area contributed by atoms with Gasteiger partial charge in [-0.3, -0.25) is 9.59 Å². The number of carbonyl (C=O) groups excluding carboxylic acids is 2. The van der Waals surface area contributed by atoms with E-state index in [1.165, 1.54) is 315 Å². The van der Waals surface area contributed by atoms with Crippen LogP contribution in [0.4, 0.5) is 0 Å². The quantitative estimate of drug-likeness (QED) is 0.0373. The normalized spacial score (nSPS) is 12.5. The number of hydrogen-bond donors (Lipinski definition) is 1. The molecule has 1 N–H and O–H groups in total. The SMILES string of the molecule is CC/C=C\C/C=C\C/C=C\C/C=C\CCCCCCCCCCCCCCCCCCCCCCC(=O)OC(CO)COC(=O)CCCCCCCCCCCCCCCCCCCCCCCCC/C=C\CCCCCCCCCC. The molecule has 480 valence electrons. The molecule has 5 heteroatoms. The standard InChI is InChI=1S/C77H142O5/c1-3-5-7-9-11-13-15-17-19-21-23-25-27-29-31-33-35-37-38-40-41-43-45-47-49-51-53-55-57-59-61-63-65-67-69-71-76(79)81-74-75(73-78)82-77(80)72-70-68-66-64-62-60-58-56-54-52-50-48-46-44-42-39-36-34-32-30-28-26-24-22-20-18-16-14-12-10-8-6-4-2/h6,8,12,14,18,20-21,23-24,26,75,78H,3-5,7,9-11,13,15-17,19,22,25,27-74H2,1-2H3/b8-6-,14-12-,20-18-,23-21-,26-24-. The molecule has 0 aromatic heterocycles. The summed E-state index contributed by atoms with van der Waals surface area (Å²) in [6.45, 7) is 4.09. The van der Waals surface area contributed by atoms with Crippen molar-refractivity contribution in [1.82, 2.24) is 0 Å². The van der Waals surface area contributed by atoms with Gasteiger partial charge in [0, 0.05) is 12.8 Å². The van der Waals surface area contributed by atoms with E-state index in [-0.39, 0.29) is 25.2 Å². The maximum Gasteiger partial charge on any atom is 0.306 e. The van der Waals surface area contributed by atoms with E-state index in [0.717, 1.165) is 57.8 Å². The van der Waals surface area contributed by atoms with Crippen LogP contribution in [-0.2, 0) is 19.1 Å². The van der Waals surface area contributed by atoms with Gasteiger partial charge >= 0.3 is 11.9 Å². The van der Waals surface area contributed by atoms with Gasteiger partial charge in [0.15, 0.2) is 6.10 Å². The van der Waals surface area contributed by atoms with E-state index in [1.807, 2.05) is 0 Å². The molecular formula is C77H142O5. The lowest BCUT2D eigenvalue weighted by molar-refractivity contribution is -0.161. The van der Waals surface area contributed by atoms with Crippen molar-refractivity contribution < 1.29 is 24.2 Å². The topological polar surface area (TPSA) is 72.8 Å². The summed E-state index contributed by atoms with van der Waals surface area (Å²) in [6, 6.07) is 0. The van der Waals surface area contributed by atoms with Crippen molar-refractivity contribution in [3.05, 3.63) is 60.8 Å². The van der Waals surface area contributed by atoms with Crippen LogP contribution in [0, 0.1) is 0 Å². The fraction of sp³-hybridized carbons (Fsp3) is 0.844. The Morgan fingerprint density at radius 3 is 0.805 bits per heavy atom. The zero-order chi connectivity index (χ0) is 59.1. The summed E-state index contributed by atoms with van der Waals surface area (Å²) in [5.74, 6) is -0.567. The van der Waals surface area contributed by atoms with Crippen LogP contribution in [0.2, 0.25) is 0 Å². The summed E-state index contributed by atoms with van der Waals surface area (Å²) < 4.78 is 10.8. The number of unbranched alkanes of at least 4 members (excludes halogenated alkanes) is 51. The van der Waals surface area contributed by atoms with Crippen LogP contribution in [-0.4, -0.2) is 36.4 Å². The minimum Gasteiger partial charge on any atom is -0.462 e. The first kappa shape index (κ1) is 79.6. The van der Waals surface area contributed by atoms with Crippen molar-refractivity contribution in [2.24, 2.45) is 0 Å². The van der Waals surface area contributed by atoms with Crippen LogP contribution in [0.15, 0.2) is 60.8 Å². The number of ether oxygens (including phenoxy) is 2. The van der Waals surface area contributed by atoms with Crippen LogP contribution >= 0.6 is 0 Å². The molecule has 0 aliphatic heterocycles. The minimum absolute atomic E-state index is 0.0603. The number of aliphatic hydroxyl groups excluding tert-OH is 1. The van der Waals surface area contributed by atoms with Crippen molar-refractivity contribution in [2.45, 2.75) is 405 Å². The monoisotopic (exact) mass is 1150 g/mol. The highest BCUT2D eigenvalue weighted by Gasteiger charge is 2.16. The number of allylic oxidation sites excluding steroid dienone is 10. The van der Waals surface area contributed by atoms with Gasteiger partial charge in [0.1, 0.15) is 6.61 Å². The average Bonchev–Trinajstić information content (AvgIpc) is 3.49. The maximum atomic E-state index is 12.4. The lowest BCUT2D eigenvalue weighted by atomic mass is 10.0. The first-order chi connectivity index (χ1) is 40.6. The molecule has 0 bridgehead atoms. The summed E-state index contributed by atoms with van der Waals surface area (Å²) in [6.07, 6.45) is 100.0. The number of rotatable bonds is 69. The van der Waals surface area contributed by atoms with E-state index in [0.29, 0.717) is 12.8 Å². The molecule has 0 aliphatic rings. The van der Waals surface area contributed by atoms with Gasteiger partial charge in [-0.1, -0.05) is 370 Å². The number of carbonyl (C=O) groups is 2. The van der Waals surface area contributed by atoms with Crippen molar-refractivity contribution in [3.63, 3.8) is 0 Å². The van der Waals surface area contributed by atoms with Crippen molar-refractivity contribution in [3.8, 4) is 0 Å². The summed E-state index contributed by atoms with van der Waals surface area (Å²) in [5, 5.41) is 9.71. The van der Waals surface area contributed by atoms with E-state index < -0.39 is 6.10 Å². The predicted molar refractivity (Wildman–Crippen MR) is 362 cm³/mol. The van der Waals surface area contributed by atoms with Gasteiger partial charge in [-0.05, 0) is 77.0 Å². The van der Waals surface area contributed by atoms with Crippen molar-refractivity contribution in [1.29, 1.82) is 0 Å². The molecule has 1 atom stereocenters. The minimum atomic E-state index is -0.772. The zero-order valence-corrected chi connectivity index (χ0v) is 55.3. The number of esters is 2. The van der Waals surface area contributed by atoms with Crippen LogP contribution in [0.5, 0.6) is 0 Å². The molecule has 0 saturated heterocycles. The molecule has 0 aromatic carbocycles. The van der Waals surface area contributed by atoms with Gasteiger partial charge in [0.2, 0.25) is 0 Å². The van der Waals surface area contributed by atoms with Crippen LogP contribution < -0.4 is 0 Å². The molecule has 0 aromatic rings. The molecule has 0 heterocycles. The summed E-state index contributed by atoms with van der Waals surface area (Å²) in [7, 11) is 0. The molecule has 5 nitrogen and oxygen atoms in total. The first-order valence-corrected chi connectivity index (χ1v) is 36.8. The number of hydrogen-bond acceptors (Lipinski definition) is 5. The van der Waals surface area contributed by atoms with Crippen LogP contribution in [0.25, 0.3) is 0 Å². The van der Waals surface area contributed by atoms with Gasteiger partial charge in [-0.2, -0.15) is 0 Å². The molecule has 0 fully saturated rings. The third-order valence-electron chi connectivity index (χ3n) is 16.8. The van der Waals surface area contributed by atoms with E-state index in [1.54, 1.807) is 0 Å². The van der Waals surface area contributed by atoms with E-state index in [9.17, 15) is 14.7 Å². The Labute approximate surface area is 512 Å². The Hall–Kier alpha value is -2.40. The average molecular weight is 1150 g/mol. The van der Waals surface area contributed by atoms with Gasteiger partial charge in [-0.15, -0.1) is 0 Å². The largest absolute Gasteiger partial charge is 0.462 e. The second-order valence-corrected chi connectivity index (χ2v) is 25.0. The molecule has 0 aliphatic carbocycles. The lowest BCUT2D eigenvalue weighted by Crippen LogP contribution is -2.28. The molecule has 1 unspecified atom stereocenters. The van der Waals surface area contributed by atoms with Crippen molar-refractivity contribution >= 4 is 11.9 Å². The fourth-order valence-electron chi connectivity index (χ4n) is 11.3. The highest BCUT2D eigenvalue weighted by molar-refractivity contribution is 5.70. The third-order valence-corrected chi connectivity index (χ3v) is 16.8. The van der Waals surface area contributed by atoms with Crippen LogP contribution in [0.3, 0.4) is 0 Å². The Kier molecular flexibility index (Phi) is 70.7. The van der Waals surface area contributed by atoms with Gasteiger partial charge in [0.05, 0.1) is 6.61 Å².